The lowest BCUT2D eigenvalue weighted by Crippen LogP contribution is -2.34. The summed E-state index contributed by atoms with van der Waals surface area (Å²) in [7, 11) is 0. The molecule has 0 radical (unpaired) electrons. The normalized spacial score (nSPS) is 20.5. The minimum absolute atomic E-state index is 0.0251. The van der Waals surface area contributed by atoms with Crippen molar-refractivity contribution < 1.29 is 14.4 Å². The summed E-state index contributed by atoms with van der Waals surface area (Å²) in [6, 6.07) is 7.14. The van der Waals surface area contributed by atoms with Crippen LogP contribution in [0.25, 0.3) is 11.5 Å². The molecule has 0 aliphatic carbocycles. The van der Waals surface area contributed by atoms with Gasteiger partial charge in [0, 0.05) is 31.5 Å². The molecule has 1 aromatic heterocycles. The molecule has 24 heavy (non-hydrogen) atoms. The summed E-state index contributed by atoms with van der Waals surface area (Å²) < 4.78 is 5.31. The van der Waals surface area contributed by atoms with Gasteiger partial charge in [-0.25, -0.2) is 0 Å². The summed E-state index contributed by atoms with van der Waals surface area (Å²) in [5.41, 5.74) is 1.09. The summed E-state index contributed by atoms with van der Waals surface area (Å²) in [5, 5.41) is 19.7. The maximum atomic E-state index is 12.5. The topological polar surface area (TPSA) is 100 Å². The predicted octanol–water partition coefficient (Wildman–Crippen LogP) is 1.17. The van der Waals surface area contributed by atoms with Crippen LogP contribution < -0.4 is 10.6 Å². The van der Waals surface area contributed by atoms with Crippen molar-refractivity contribution in [1.82, 2.24) is 20.8 Å². The average molecular weight is 330 g/mol. The number of β-amino-alcohol motifs (C(OH)–C–C–N with tert-alkyl or cyclic N) is 1. The fourth-order valence-corrected chi connectivity index (χ4v) is 2.69. The van der Waals surface area contributed by atoms with Crippen LogP contribution in [0.2, 0.25) is 0 Å². The predicted molar refractivity (Wildman–Crippen MR) is 88.5 cm³/mol. The maximum absolute atomic E-state index is 12.5. The van der Waals surface area contributed by atoms with Crippen LogP contribution in [0.4, 0.5) is 0 Å². The van der Waals surface area contributed by atoms with E-state index in [4.69, 9.17) is 4.52 Å². The highest BCUT2D eigenvalue weighted by Gasteiger charge is 2.26. The zero-order chi connectivity index (χ0) is 17.1. The molecule has 2 unspecified atom stereocenters. The highest BCUT2D eigenvalue weighted by Crippen LogP contribution is 2.23. The van der Waals surface area contributed by atoms with Crippen LogP contribution in [0, 0.1) is 5.92 Å². The molecule has 0 bridgehead atoms. The van der Waals surface area contributed by atoms with Crippen molar-refractivity contribution in [3.05, 3.63) is 35.7 Å². The Morgan fingerprint density at radius 1 is 1.42 bits per heavy atom. The van der Waals surface area contributed by atoms with Crippen LogP contribution in [0.3, 0.4) is 0 Å². The van der Waals surface area contributed by atoms with Gasteiger partial charge in [0.15, 0.2) is 5.82 Å². The Labute approximate surface area is 140 Å². The number of nitrogens with zero attached hydrogens (tertiary/aromatic N) is 2. The second-order valence-electron chi connectivity index (χ2n) is 6.35. The van der Waals surface area contributed by atoms with Crippen molar-refractivity contribution in [3.63, 3.8) is 0 Å². The molecule has 3 N–H and O–H groups in total. The molecule has 7 nitrogen and oxygen atoms in total. The Morgan fingerprint density at radius 2 is 2.21 bits per heavy atom. The summed E-state index contributed by atoms with van der Waals surface area (Å²) in [6.45, 7) is 5.65. The molecule has 1 aliphatic rings. The van der Waals surface area contributed by atoms with E-state index in [1.165, 1.54) is 0 Å². The number of rotatable bonds is 5. The molecular formula is C17H22N4O3. The van der Waals surface area contributed by atoms with Crippen molar-refractivity contribution in [3.8, 4) is 11.5 Å². The van der Waals surface area contributed by atoms with Gasteiger partial charge in [-0.2, -0.15) is 4.98 Å². The van der Waals surface area contributed by atoms with E-state index in [1.807, 2.05) is 19.9 Å². The summed E-state index contributed by atoms with van der Waals surface area (Å²) in [6.07, 6.45) is -0.426. The first kappa shape index (κ1) is 16.6. The van der Waals surface area contributed by atoms with E-state index in [9.17, 15) is 9.90 Å². The van der Waals surface area contributed by atoms with Crippen molar-refractivity contribution in [2.24, 2.45) is 5.92 Å². The molecule has 2 aromatic rings. The van der Waals surface area contributed by atoms with E-state index in [-0.39, 0.29) is 17.7 Å². The van der Waals surface area contributed by atoms with E-state index >= 15 is 0 Å². The van der Waals surface area contributed by atoms with Crippen LogP contribution >= 0.6 is 0 Å². The molecule has 1 amide bonds. The van der Waals surface area contributed by atoms with E-state index in [1.54, 1.807) is 18.2 Å². The summed E-state index contributed by atoms with van der Waals surface area (Å²) >= 11 is 0. The van der Waals surface area contributed by atoms with E-state index < -0.39 is 6.10 Å². The van der Waals surface area contributed by atoms with Gasteiger partial charge in [-0.1, -0.05) is 31.1 Å². The zero-order valence-corrected chi connectivity index (χ0v) is 13.8. The lowest BCUT2D eigenvalue weighted by molar-refractivity contribution is 0.0927. The number of hydrogen-bond acceptors (Lipinski definition) is 6. The summed E-state index contributed by atoms with van der Waals surface area (Å²) in [4.78, 5) is 16.9. The minimum atomic E-state index is -0.426. The van der Waals surface area contributed by atoms with Gasteiger partial charge >= 0.3 is 0 Å². The van der Waals surface area contributed by atoms with Gasteiger partial charge in [-0.05, 0) is 12.1 Å². The zero-order valence-electron chi connectivity index (χ0n) is 13.8. The number of nitrogens with one attached hydrogen (secondary N) is 2. The van der Waals surface area contributed by atoms with Gasteiger partial charge in [-0.15, -0.1) is 0 Å². The Hall–Kier alpha value is -2.25. The largest absolute Gasteiger partial charge is 0.391 e. The van der Waals surface area contributed by atoms with Crippen molar-refractivity contribution >= 4 is 5.91 Å². The molecular weight excluding hydrogens is 308 g/mol. The number of amides is 1. The van der Waals surface area contributed by atoms with Gasteiger partial charge in [0.1, 0.15) is 0 Å². The highest BCUT2D eigenvalue weighted by molar-refractivity contribution is 5.99. The molecule has 1 aromatic carbocycles. The molecule has 1 fully saturated rings. The van der Waals surface area contributed by atoms with Crippen molar-refractivity contribution in [1.29, 1.82) is 0 Å². The first-order valence-corrected chi connectivity index (χ1v) is 8.16. The van der Waals surface area contributed by atoms with Crippen LogP contribution in [0.15, 0.2) is 28.8 Å². The smallest absolute Gasteiger partial charge is 0.258 e. The second-order valence-corrected chi connectivity index (χ2v) is 6.35. The molecule has 3 rings (SSSR count). The van der Waals surface area contributed by atoms with Crippen LogP contribution in [-0.2, 0) is 0 Å². The van der Waals surface area contributed by atoms with E-state index in [0.29, 0.717) is 42.5 Å². The number of carbonyl (C=O) groups excluding carboxylic acids is 1. The minimum Gasteiger partial charge on any atom is -0.391 e. The number of aliphatic hydroxyl groups excluding tert-OH is 1. The third-order valence-electron chi connectivity index (χ3n) is 4.19. The van der Waals surface area contributed by atoms with Crippen LogP contribution in [0.5, 0.6) is 0 Å². The Kier molecular flexibility index (Phi) is 4.92. The van der Waals surface area contributed by atoms with Gasteiger partial charge in [0.2, 0.25) is 0 Å². The van der Waals surface area contributed by atoms with Crippen LogP contribution in [0.1, 0.15) is 35.9 Å². The standard InChI is InChI=1S/C17H22N4O3/c1-10(2)15-20-17(24-21-15)13-6-4-3-5-12(13)16(23)19-8-11-7-18-9-14(11)22/h3-6,10-11,14,18,22H,7-9H2,1-2H3,(H,19,23). The van der Waals surface area contributed by atoms with Gasteiger partial charge < -0.3 is 20.3 Å². The molecule has 1 saturated heterocycles. The molecule has 0 spiro atoms. The van der Waals surface area contributed by atoms with E-state index in [2.05, 4.69) is 20.8 Å². The number of carbonyl (C=O) groups is 1. The van der Waals surface area contributed by atoms with Crippen molar-refractivity contribution in [2.45, 2.75) is 25.9 Å². The first-order chi connectivity index (χ1) is 11.6. The fourth-order valence-electron chi connectivity index (χ4n) is 2.69. The highest BCUT2D eigenvalue weighted by atomic mass is 16.5. The van der Waals surface area contributed by atoms with Gasteiger partial charge in [-0.3, -0.25) is 4.79 Å². The van der Waals surface area contributed by atoms with Crippen LogP contribution in [-0.4, -0.2) is 46.9 Å². The molecule has 0 saturated carbocycles. The second kappa shape index (κ2) is 7.11. The average Bonchev–Trinajstić information content (AvgIpc) is 3.22. The number of hydrogen-bond donors (Lipinski definition) is 3. The van der Waals surface area contributed by atoms with E-state index in [0.717, 1.165) is 0 Å². The molecule has 2 atom stereocenters. The molecule has 1 aliphatic heterocycles. The molecule has 7 heteroatoms. The number of benzene rings is 1. The van der Waals surface area contributed by atoms with Gasteiger partial charge in [0.25, 0.3) is 11.8 Å². The third-order valence-corrected chi connectivity index (χ3v) is 4.19. The SMILES string of the molecule is CC(C)c1noc(-c2ccccc2C(=O)NCC2CNCC2O)n1. The monoisotopic (exact) mass is 330 g/mol. The fraction of sp³-hybridized carbons (Fsp3) is 0.471. The lowest BCUT2D eigenvalue weighted by Gasteiger charge is -2.14. The Morgan fingerprint density at radius 3 is 2.88 bits per heavy atom. The summed E-state index contributed by atoms with van der Waals surface area (Å²) in [5.74, 6) is 0.915. The lowest BCUT2D eigenvalue weighted by atomic mass is 10.0. The molecule has 2 heterocycles. The Bertz CT molecular complexity index is 713. The quantitative estimate of drug-likeness (QED) is 0.761. The first-order valence-electron chi connectivity index (χ1n) is 8.16. The third kappa shape index (κ3) is 3.47. The number of aliphatic hydroxyl groups is 1. The van der Waals surface area contributed by atoms with Gasteiger partial charge in [0.05, 0.1) is 17.2 Å². The Balaban J connectivity index is 1.76. The van der Waals surface area contributed by atoms with Crippen molar-refractivity contribution in [2.75, 3.05) is 19.6 Å². The maximum Gasteiger partial charge on any atom is 0.258 e. The number of aromatic nitrogens is 2. The molecule has 128 valence electrons.